The average molecular weight is 361 g/mol. The Bertz CT molecular complexity index is 865. The van der Waals surface area contributed by atoms with E-state index in [-0.39, 0.29) is 17.3 Å². The zero-order valence-electron chi connectivity index (χ0n) is 13.3. The molecule has 0 aliphatic carbocycles. The first-order valence-electron chi connectivity index (χ1n) is 7.48. The van der Waals surface area contributed by atoms with E-state index < -0.39 is 11.1 Å². The molecule has 25 heavy (non-hydrogen) atoms. The smallest absolute Gasteiger partial charge is 0.233 e. The number of hydrogen-bond acceptors (Lipinski definition) is 6. The van der Waals surface area contributed by atoms with E-state index in [0.29, 0.717) is 17.5 Å². The van der Waals surface area contributed by atoms with Gasteiger partial charge in [-0.1, -0.05) is 23.9 Å². The Morgan fingerprint density at radius 1 is 1.36 bits per heavy atom. The summed E-state index contributed by atoms with van der Waals surface area (Å²) in [6.07, 6.45) is 1.54. The lowest BCUT2D eigenvalue weighted by atomic mass is 10.2. The second-order valence-corrected chi connectivity index (χ2v) is 6.52. The summed E-state index contributed by atoms with van der Waals surface area (Å²) in [6.45, 7) is 2.02. The van der Waals surface area contributed by atoms with Crippen molar-refractivity contribution in [1.82, 2.24) is 20.2 Å². The van der Waals surface area contributed by atoms with Gasteiger partial charge in [-0.3, -0.25) is 4.79 Å². The normalized spacial score (nSPS) is 12.1. The number of thioether (sulfide) groups is 1. The van der Waals surface area contributed by atoms with E-state index in [9.17, 15) is 9.18 Å². The molecule has 0 saturated carbocycles. The van der Waals surface area contributed by atoms with Gasteiger partial charge in [0, 0.05) is 0 Å². The maximum absolute atomic E-state index is 13.9. The van der Waals surface area contributed by atoms with Gasteiger partial charge in [-0.2, -0.15) is 0 Å². The molecule has 0 spiro atoms. The number of amides is 1. The summed E-state index contributed by atoms with van der Waals surface area (Å²) in [4.78, 5) is 12.2. The molecular formula is C16H16FN5O2S. The number of nitrogens with zero attached hydrogens (tertiary/aromatic N) is 3. The first kappa shape index (κ1) is 17.0. The van der Waals surface area contributed by atoms with Crippen LogP contribution in [-0.4, -0.2) is 26.0 Å². The van der Waals surface area contributed by atoms with Gasteiger partial charge in [0.25, 0.3) is 0 Å². The monoisotopic (exact) mass is 361 g/mol. The minimum absolute atomic E-state index is 0.197. The lowest BCUT2D eigenvalue weighted by molar-refractivity contribution is -0.120. The van der Waals surface area contributed by atoms with Gasteiger partial charge in [-0.15, -0.1) is 10.2 Å². The number of nitrogen functional groups attached to an aromatic ring is 1. The highest BCUT2D eigenvalue weighted by Gasteiger charge is 2.21. The van der Waals surface area contributed by atoms with Gasteiger partial charge in [-0.25, -0.2) is 9.07 Å². The van der Waals surface area contributed by atoms with Crippen molar-refractivity contribution in [2.45, 2.75) is 23.9 Å². The molecular weight excluding hydrogens is 345 g/mol. The number of aromatic nitrogens is 3. The first-order valence-corrected chi connectivity index (χ1v) is 8.36. The van der Waals surface area contributed by atoms with Crippen LogP contribution in [0.4, 0.5) is 4.39 Å². The van der Waals surface area contributed by atoms with Crippen LogP contribution in [0.3, 0.4) is 0 Å². The minimum atomic E-state index is -0.463. The van der Waals surface area contributed by atoms with Crippen molar-refractivity contribution < 1.29 is 13.6 Å². The molecule has 7 nitrogen and oxygen atoms in total. The Morgan fingerprint density at radius 3 is 2.88 bits per heavy atom. The van der Waals surface area contributed by atoms with Crippen molar-refractivity contribution in [3.8, 4) is 11.4 Å². The van der Waals surface area contributed by atoms with Crippen molar-refractivity contribution in [3.05, 3.63) is 54.2 Å². The predicted molar refractivity (Wildman–Crippen MR) is 91.4 cm³/mol. The Kier molecular flexibility index (Phi) is 5.03. The van der Waals surface area contributed by atoms with Crippen molar-refractivity contribution in [2.24, 2.45) is 0 Å². The molecule has 9 heteroatoms. The van der Waals surface area contributed by atoms with Gasteiger partial charge < -0.3 is 15.6 Å². The van der Waals surface area contributed by atoms with Crippen molar-refractivity contribution >= 4 is 17.7 Å². The van der Waals surface area contributed by atoms with Crippen LogP contribution in [-0.2, 0) is 11.3 Å². The Balaban J connectivity index is 1.67. The van der Waals surface area contributed by atoms with Crippen LogP contribution in [0.1, 0.15) is 12.7 Å². The topological polar surface area (TPSA) is 99.0 Å². The fraction of sp³-hybridized carbons (Fsp3) is 0.188. The number of nitrogens with one attached hydrogen (secondary N) is 1. The lowest BCUT2D eigenvalue weighted by Gasteiger charge is -2.10. The summed E-state index contributed by atoms with van der Waals surface area (Å²) >= 11 is 1.14. The third kappa shape index (κ3) is 3.82. The average Bonchev–Trinajstić information content (AvgIpc) is 3.24. The number of hydrogen-bond donors (Lipinski definition) is 2. The van der Waals surface area contributed by atoms with Crippen molar-refractivity contribution in [1.29, 1.82) is 0 Å². The Morgan fingerprint density at radius 2 is 2.16 bits per heavy atom. The molecule has 0 aliphatic rings. The second-order valence-electron chi connectivity index (χ2n) is 5.21. The summed E-state index contributed by atoms with van der Waals surface area (Å²) in [5, 5.41) is 10.5. The van der Waals surface area contributed by atoms with Gasteiger partial charge in [0.15, 0.2) is 5.82 Å². The lowest BCUT2D eigenvalue weighted by Crippen LogP contribution is -2.30. The summed E-state index contributed by atoms with van der Waals surface area (Å²) in [6, 6.07) is 9.68. The number of rotatable bonds is 6. The van der Waals surface area contributed by atoms with E-state index in [1.807, 2.05) is 0 Å². The minimum Gasteiger partial charge on any atom is -0.467 e. The van der Waals surface area contributed by atoms with Gasteiger partial charge in [0.2, 0.25) is 11.1 Å². The van der Waals surface area contributed by atoms with Gasteiger partial charge in [0.05, 0.1) is 23.6 Å². The highest BCUT2D eigenvalue weighted by atomic mass is 32.2. The van der Waals surface area contributed by atoms with Crippen molar-refractivity contribution in [2.75, 3.05) is 5.84 Å². The third-order valence-corrected chi connectivity index (χ3v) is 4.50. The molecule has 3 aromatic rings. The van der Waals surface area contributed by atoms with Crippen LogP contribution in [0.25, 0.3) is 11.4 Å². The molecule has 2 heterocycles. The molecule has 1 aromatic carbocycles. The van der Waals surface area contributed by atoms with Gasteiger partial charge in [-0.05, 0) is 31.2 Å². The fourth-order valence-electron chi connectivity index (χ4n) is 2.13. The number of furan rings is 1. The number of nitrogens with two attached hydrogens (primary N) is 1. The van der Waals surface area contributed by atoms with Crippen LogP contribution in [0.2, 0.25) is 0 Å². The van der Waals surface area contributed by atoms with Crippen LogP contribution >= 0.6 is 11.8 Å². The molecule has 0 saturated heterocycles. The number of halogens is 1. The number of benzene rings is 1. The molecule has 1 unspecified atom stereocenters. The zero-order valence-corrected chi connectivity index (χ0v) is 14.2. The molecule has 0 aliphatic heterocycles. The Labute approximate surface area is 147 Å². The third-order valence-electron chi connectivity index (χ3n) is 3.45. The van der Waals surface area contributed by atoms with Crippen molar-refractivity contribution in [3.63, 3.8) is 0 Å². The van der Waals surface area contributed by atoms with Crippen LogP contribution in [0.5, 0.6) is 0 Å². The van der Waals surface area contributed by atoms with Crippen LogP contribution < -0.4 is 11.2 Å². The number of carbonyl (C=O) groups excluding carboxylic acids is 1. The maximum atomic E-state index is 13.9. The molecule has 0 radical (unpaired) electrons. The largest absolute Gasteiger partial charge is 0.467 e. The SMILES string of the molecule is CC(Sc1nnc(-c2ccccc2F)n1N)C(=O)NCc1ccco1. The molecule has 1 amide bonds. The molecule has 3 rings (SSSR count). The predicted octanol–water partition coefficient (Wildman–Crippen LogP) is 2.19. The Hall–Kier alpha value is -2.81. The highest BCUT2D eigenvalue weighted by molar-refractivity contribution is 8.00. The molecule has 0 bridgehead atoms. The van der Waals surface area contributed by atoms with E-state index in [2.05, 4.69) is 15.5 Å². The summed E-state index contributed by atoms with van der Waals surface area (Å²) in [5.74, 6) is 6.18. The summed E-state index contributed by atoms with van der Waals surface area (Å²) < 4.78 is 20.2. The van der Waals surface area contributed by atoms with E-state index in [1.54, 1.807) is 43.5 Å². The maximum Gasteiger partial charge on any atom is 0.233 e. The quantitative estimate of drug-likeness (QED) is 0.516. The van der Waals surface area contributed by atoms with Crippen LogP contribution in [0.15, 0.2) is 52.2 Å². The molecule has 1 atom stereocenters. The van der Waals surface area contributed by atoms with E-state index in [0.717, 1.165) is 11.8 Å². The van der Waals surface area contributed by atoms with Crippen LogP contribution in [0, 0.1) is 5.82 Å². The standard InChI is InChI=1S/C16H16FN5O2S/c1-10(15(23)19-9-11-5-4-8-24-11)25-16-21-20-14(22(16)18)12-6-2-3-7-13(12)17/h2-8,10H,9,18H2,1H3,(H,19,23). The number of carbonyl (C=O) groups is 1. The molecule has 2 aromatic heterocycles. The van der Waals surface area contributed by atoms with E-state index in [4.69, 9.17) is 10.3 Å². The fourth-order valence-corrected chi connectivity index (χ4v) is 2.92. The van der Waals surface area contributed by atoms with E-state index >= 15 is 0 Å². The van der Waals surface area contributed by atoms with Gasteiger partial charge in [0.1, 0.15) is 11.6 Å². The van der Waals surface area contributed by atoms with E-state index in [1.165, 1.54) is 10.7 Å². The molecule has 3 N–H and O–H groups in total. The summed E-state index contributed by atoms with van der Waals surface area (Å²) in [5.41, 5.74) is 0.249. The molecule has 0 fully saturated rings. The second kappa shape index (κ2) is 7.39. The highest BCUT2D eigenvalue weighted by Crippen LogP contribution is 2.26. The zero-order chi connectivity index (χ0) is 17.8. The summed E-state index contributed by atoms with van der Waals surface area (Å²) in [7, 11) is 0. The van der Waals surface area contributed by atoms with Gasteiger partial charge >= 0.3 is 0 Å². The molecule has 130 valence electrons. The first-order chi connectivity index (χ1) is 12.1.